The van der Waals surface area contributed by atoms with Crippen LogP contribution in [0.2, 0.25) is 0 Å². The third kappa shape index (κ3) is 1.74. The summed E-state index contributed by atoms with van der Waals surface area (Å²) < 4.78 is 1.96. The van der Waals surface area contributed by atoms with E-state index < -0.39 is 0 Å². The summed E-state index contributed by atoms with van der Waals surface area (Å²) in [4.78, 5) is 4.17. The van der Waals surface area contributed by atoms with Crippen LogP contribution in [0.4, 0.5) is 0 Å². The van der Waals surface area contributed by atoms with Crippen molar-refractivity contribution >= 4 is 11.6 Å². The molecule has 0 radical (unpaired) electrons. The zero-order valence-corrected chi connectivity index (χ0v) is 7.84. The van der Waals surface area contributed by atoms with Gasteiger partial charge in [0.25, 0.3) is 0 Å². The van der Waals surface area contributed by atoms with E-state index >= 15 is 0 Å². The maximum Gasteiger partial charge on any atom is 0.126 e. The SMILES string of the molecule is CC(C)C(Cl)c1nccn1C. The van der Waals surface area contributed by atoms with Crippen LogP contribution >= 0.6 is 11.6 Å². The summed E-state index contributed by atoms with van der Waals surface area (Å²) in [6.45, 7) is 4.18. The molecule has 0 N–H and O–H groups in total. The van der Waals surface area contributed by atoms with Crippen LogP contribution in [0, 0.1) is 5.92 Å². The number of aryl methyl sites for hydroxylation is 1. The second-order valence-corrected chi connectivity index (χ2v) is 3.51. The summed E-state index contributed by atoms with van der Waals surface area (Å²) in [5, 5.41) is 0.0231. The van der Waals surface area contributed by atoms with Crippen molar-refractivity contribution in [2.24, 2.45) is 13.0 Å². The van der Waals surface area contributed by atoms with Gasteiger partial charge in [0.1, 0.15) is 5.82 Å². The molecule has 1 unspecified atom stereocenters. The van der Waals surface area contributed by atoms with Gasteiger partial charge in [-0.05, 0) is 5.92 Å². The van der Waals surface area contributed by atoms with Crippen LogP contribution < -0.4 is 0 Å². The average Bonchev–Trinajstić information content (AvgIpc) is 2.33. The van der Waals surface area contributed by atoms with Crippen molar-refractivity contribution in [1.82, 2.24) is 9.55 Å². The van der Waals surface area contributed by atoms with E-state index in [0.717, 1.165) is 5.82 Å². The first-order valence-corrected chi connectivity index (χ1v) is 4.18. The van der Waals surface area contributed by atoms with Gasteiger partial charge in [-0.3, -0.25) is 0 Å². The molecule has 0 fully saturated rings. The van der Waals surface area contributed by atoms with Gasteiger partial charge < -0.3 is 4.57 Å². The Bertz CT molecular complexity index is 230. The molecule has 0 spiro atoms. The fourth-order valence-electron chi connectivity index (χ4n) is 0.941. The first kappa shape index (κ1) is 8.60. The Labute approximate surface area is 72.2 Å². The van der Waals surface area contributed by atoms with Crippen molar-refractivity contribution in [2.45, 2.75) is 19.2 Å². The summed E-state index contributed by atoms with van der Waals surface area (Å²) in [6.07, 6.45) is 3.68. The smallest absolute Gasteiger partial charge is 0.126 e. The van der Waals surface area contributed by atoms with Crippen LogP contribution in [0.5, 0.6) is 0 Å². The molecule has 11 heavy (non-hydrogen) atoms. The van der Waals surface area contributed by atoms with Crippen LogP contribution in [0.1, 0.15) is 25.0 Å². The molecule has 0 saturated heterocycles. The highest BCUT2D eigenvalue weighted by Crippen LogP contribution is 2.26. The maximum atomic E-state index is 6.10. The molecule has 1 rings (SSSR count). The standard InChI is InChI=1S/C8H13ClN2/c1-6(2)7(9)8-10-4-5-11(8)3/h4-7H,1-3H3. The topological polar surface area (TPSA) is 17.8 Å². The van der Waals surface area contributed by atoms with E-state index in [0.29, 0.717) is 5.92 Å². The van der Waals surface area contributed by atoms with Gasteiger partial charge in [-0.1, -0.05) is 13.8 Å². The molecular formula is C8H13ClN2. The molecule has 62 valence electrons. The van der Waals surface area contributed by atoms with Crippen molar-refractivity contribution < 1.29 is 0 Å². The Balaban J connectivity index is 2.84. The highest BCUT2D eigenvalue weighted by molar-refractivity contribution is 6.20. The third-order valence-electron chi connectivity index (χ3n) is 1.69. The Hall–Kier alpha value is -0.500. The van der Waals surface area contributed by atoms with Gasteiger partial charge in [-0.25, -0.2) is 4.98 Å². The Morgan fingerprint density at radius 2 is 2.18 bits per heavy atom. The quantitative estimate of drug-likeness (QED) is 0.627. The number of imidazole rings is 1. The van der Waals surface area contributed by atoms with E-state index in [2.05, 4.69) is 18.8 Å². The molecule has 0 aromatic carbocycles. The van der Waals surface area contributed by atoms with Crippen LogP contribution in [-0.2, 0) is 7.05 Å². The monoisotopic (exact) mass is 172 g/mol. The summed E-state index contributed by atoms with van der Waals surface area (Å²) >= 11 is 6.10. The number of hydrogen-bond donors (Lipinski definition) is 0. The lowest BCUT2D eigenvalue weighted by Crippen LogP contribution is -2.06. The molecule has 1 aromatic heterocycles. The molecule has 0 amide bonds. The normalized spacial score (nSPS) is 13.9. The minimum atomic E-state index is 0.0231. The predicted molar refractivity (Wildman–Crippen MR) is 46.6 cm³/mol. The Kier molecular flexibility index (Phi) is 2.55. The molecule has 1 aromatic rings. The van der Waals surface area contributed by atoms with E-state index in [1.54, 1.807) is 6.20 Å². The first-order valence-electron chi connectivity index (χ1n) is 3.74. The largest absolute Gasteiger partial charge is 0.337 e. The number of hydrogen-bond acceptors (Lipinski definition) is 1. The Morgan fingerprint density at radius 1 is 1.55 bits per heavy atom. The zero-order chi connectivity index (χ0) is 8.43. The fourth-order valence-corrected chi connectivity index (χ4v) is 1.15. The van der Waals surface area contributed by atoms with Gasteiger partial charge in [0.15, 0.2) is 0 Å². The van der Waals surface area contributed by atoms with Crippen molar-refractivity contribution in [1.29, 1.82) is 0 Å². The van der Waals surface area contributed by atoms with Gasteiger partial charge in [-0.15, -0.1) is 11.6 Å². The third-order valence-corrected chi connectivity index (χ3v) is 2.39. The highest BCUT2D eigenvalue weighted by atomic mass is 35.5. The van der Waals surface area contributed by atoms with Crippen molar-refractivity contribution in [3.05, 3.63) is 18.2 Å². The summed E-state index contributed by atoms with van der Waals surface area (Å²) in [5.74, 6) is 1.37. The van der Waals surface area contributed by atoms with Crippen LogP contribution in [-0.4, -0.2) is 9.55 Å². The zero-order valence-electron chi connectivity index (χ0n) is 7.08. The molecule has 0 aliphatic carbocycles. The molecule has 0 bridgehead atoms. The van der Waals surface area contributed by atoms with Gasteiger partial charge in [0, 0.05) is 19.4 Å². The highest BCUT2D eigenvalue weighted by Gasteiger charge is 2.15. The predicted octanol–water partition coefficient (Wildman–Crippen LogP) is 2.36. The molecule has 1 heterocycles. The molecular weight excluding hydrogens is 160 g/mol. The van der Waals surface area contributed by atoms with Gasteiger partial charge in [-0.2, -0.15) is 0 Å². The lowest BCUT2D eigenvalue weighted by atomic mass is 10.1. The number of halogens is 1. The van der Waals surface area contributed by atoms with Crippen molar-refractivity contribution in [2.75, 3.05) is 0 Å². The van der Waals surface area contributed by atoms with Crippen LogP contribution in [0.15, 0.2) is 12.4 Å². The summed E-state index contributed by atoms with van der Waals surface area (Å²) in [7, 11) is 1.96. The molecule has 3 heteroatoms. The van der Waals surface area contributed by atoms with Gasteiger partial charge in [0.05, 0.1) is 5.38 Å². The van der Waals surface area contributed by atoms with Crippen molar-refractivity contribution in [3.8, 4) is 0 Å². The molecule has 0 aliphatic rings. The lowest BCUT2D eigenvalue weighted by Gasteiger charge is -2.12. The minimum Gasteiger partial charge on any atom is -0.337 e. The van der Waals surface area contributed by atoms with Gasteiger partial charge >= 0.3 is 0 Å². The fraction of sp³-hybridized carbons (Fsp3) is 0.625. The van der Waals surface area contributed by atoms with E-state index in [1.807, 2.05) is 17.8 Å². The van der Waals surface area contributed by atoms with E-state index in [9.17, 15) is 0 Å². The second-order valence-electron chi connectivity index (χ2n) is 3.04. The van der Waals surface area contributed by atoms with Crippen LogP contribution in [0.25, 0.3) is 0 Å². The van der Waals surface area contributed by atoms with Crippen molar-refractivity contribution in [3.63, 3.8) is 0 Å². The first-order chi connectivity index (χ1) is 5.13. The summed E-state index contributed by atoms with van der Waals surface area (Å²) in [6, 6.07) is 0. The molecule has 2 nitrogen and oxygen atoms in total. The van der Waals surface area contributed by atoms with E-state index in [4.69, 9.17) is 11.6 Å². The lowest BCUT2D eigenvalue weighted by molar-refractivity contribution is 0.580. The maximum absolute atomic E-state index is 6.10. The second kappa shape index (κ2) is 3.26. The molecule has 0 aliphatic heterocycles. The minimum absolute atomic E-state index is 0.0231. The number of rotatable bonds is 2. The number of aromatic nitrogens is 2. The molecule has 0 saturated carbocycles. The van der Waals surface area contributed by atoms with Gasteiger partial charge in [0.2, 0.25) is 0 Å². The number of nitrogens with zero attached hydrogens (tertiary/aromatic N) is 2. The van der Waals surface area contributed by atoms with E-state index in [-0.39, 0.29) is 5.38 Å². The van der Waals surface area contributed by atoms with E-state index in [1.165, 1.54) is 0 Å². The number of alkyl halides is 1. The Morgan fingerprint density at radius 3 is 2.55 bits per heavy atom. The summed E-state index contributed by atoms with van der Waals surface area (Å²) in [5.41, 5.74) is 0. The molecule has 1 atom stereocenters. The van der Waals surface area contributed by atoms with Crippen LogP contribution in [0.3, 0.4) is 0 Å². The average molecular weight is 173 g/mol.